The van der Waals surface area contributed by atoms with Crippen LogP contribution in [0.4, 0.5) is 0 Å². The van der Waals surface area contributed by atoms with E-state index in [1.165, 1.54) is 0 Å². The minimum Gasteiger partial charge on any atom is -0.0914 e. The van der Waals surface area contributed by atoms with E-state index in [0.717, 1.165) is 11.8 Å². The Morgan fingerprint density at radius 1 is 1.33 bits per heavy atom. The molecule has 2 unspecified atom stereocenters. The van der Waals surface area contributed by atoms with Crippen molar-refractivity contribution < 1.29 is 0 Å². The van der Waals surface area contributed by atoms with Crippen LogP contribution in [0.3, 0.4) is 0 Å². The average Bonchev–Trinajstić information content (AvgIpc) is 2.19. The third-order valence-corrected chi connectivity index (χ3v) is 2.86. The Labute approximate surface area is 58.0 Å². The van der Waals surface area contributed by atoms with E-state index in [2.05, 4.69) is 39.8 Å². The smallest absolute Gasteiger partial charge is 0.0148 e. The molecule has 0 bridgehead atoms. The third-order valence-electron chi connectivity index (χ3n) is 2.86. The topological polar surface area (TPSA) is 0 Å². The van der Waals surface area contributed by atoms with Gasteiger partial charge in [-0.15, -0.1) is 0 Å². The van der Waals surface area contributed by atoms with E-state index in [-0.39, 0.29) is 0 Å². The Hall–Kier alpha value is -0.260. The molecule has 0 radical (unpaired) electrons. The summed E-state index contributed by atoms with van der Waals surface area (Å²) >= 11 is 0. The molecule has 0 aromatic carbocycles. The first kappa shape index (κ1) is 6.85. The van der Waals surface area contributed by atoms with Gasteiger partial charge in [0.1, 0.15) is 0 Å². The van der Waals surface area contributed by atoms with E-state index < -0.39 is 0 Å². The molecule has 0 N–H and O–H groups in total. The van der Waals surface area contributed by atoms with Crippen LogP contribution in [-0.2, 0) is 0 Å². The number of hydrogen-bond donors (Lipinski definition) is 0. The molecule has 0 saturated heterocycles. The summed E-state index contributed by atoms with van der Waals surface area (Å²) in [5.74, 6) is 1.75. The van der Waals surface area contributed by atoms with Gasteiger partial charge in [0.15, 0.2) is 0 Å². The minimum absolute atomic E-state index is 0.590. The second kappa shape index (κ2) is 1.86. The van der Waals surface area contributed by atoms with Crippen molar-refractivity contribution in [2.24, 2.45) is 17.3 Å². The monoisotopic (exact) mass is 124 g/mol. The van der Waals surface area contributed by atoms with Crippen molar-refractivity contribution in [2.45, 2.75) is 27.7 Å². The molecule has 0 aromatic rings. The van der Waals surface area contributed by atoms with Crippen molar-refractivity contribution in [3.8, 4) is 0 Å². The fourth-order valence-electron chi connectivity index (χ4n) is 1.56. The second-order valence-corrected chi connectivity index (χ2v) is 3.66. The highest BCUT2D eigenvalue weighted by Crippen LogP contribution is 2.58. The van der Waals surface area contributed by atoms with Gasteiger partial charge in [-0.2, -0.15) is 0 Å². The Kier molecular flexibility index (Phi) is 1.42. The standard InChI is InChI=1S/C9H16/c1-5-6-8-7(2)9(8,3)4/h5-8H,1-4H3. The van der Waals surface area contributed by atoms with Crippen molar-refractivity contribution in [2.75, 3.05) is 0 Å². The van der Waals surface area contributed by atoms with E-state index in [4.69, 9.17) is 0 Å². The van der Waals surface area contributed by atoms with Gasteiger partial charge in [0, 0.05) is 0 Å². The molecule has 1 aliphatic rings. The molecular formula is C9H16. The lowest BCUT2D eigenvalue weighted by atomic mass is 10.1. The number of hydrogen-bond acceptors (Lipinski definition) is 0. The van der Waals surface area contributed by atoms with Crippen LogP contribution in [-0.4, -0.2) is 0 Å². The molecule has 0 aliphatic heterocycles. The van der Waals surface area contributed by atoms with E-state index >= 15 is 0 Å². The summed E-state index contributed by atoms with van der Waals surface area (Å²) in [5.41, 5.74) is 0.590. The van der Waals surface area contributed by atoms with Gasteiger partial charge in [0.25, 0.3) is 0 Å². The van der Waals surface area contributed by atoms with Gasteiger partial charge in [-0.05, 0) is 24.2 Å². The molecule has 0 heteroatoms. The first-order chi connectivity index (χ1) is 4.10. The fourth-order valence-corrected chi connectivity index (χ4v) is 1.56. The third kappa shape index (κ3) is 0.910. The maximum absolute atomic E-state index is 2.34. The quantitative estimate of drug-likeness (QED) is 0.471. The maximum atomic E-state index is 2.34. The number of allylic oxidation sites excluding steroid dienone is 2. The molecule has 1 rings (SSSR count). The SMILES string of the molecule is CC=CC1C(C)C1(C)C. The van der Waals surface area contributed by atoms with Gasteiger partial charge in [-0.1, -0.05) is 32.9 Å². The molecule has 2 atom stereocenters. The van der Waals surface area contributed by atoms with Crippen LogP contribution < -0.4 is 0 Å². The predicted octanol–water partition coefficient (Wildman–Crippen LogP) is 2.85. The van der Waals surface area contributed by atoms with Gasteiger partial charge in [0.2, 0.25) is 0 Å². The molecule has 52 valence electrons. The van der Waals surface area contributed by atoms with Gasteiger partial charge in [-0.3, -0.25) is 0 Å². The summed E-state index contributed by atoms with van der Waals surface area (Å²) in [7, 11) is 0. The van der Waals surface area contributed by atoms with E-state index in [1.54, 1.807) is 0 Å². The second-order valence-electron chi connectivity index (χ2n) is 3.66. The van der Waals surface area contributed by atoms with Crippen molar-refractivity contribution in [3.05, 3.63) is 12.2 Å². The van der Waals surface area contributed by atoms with Crippen LogP contribution in [0, 0.1) is 17.3 Å². The Balaban J connectivity index is 2.52. The normalized spacial score (nSPS) is 39.6. The van der Waals surface area contributed by atoms with E-state index in [0.29, 0.717) is 5.41 Å². The van der Waals surface area contributed by atoms with Gasteiger partial charge >= 0.3 is 0 Å². The highest BCUT2D eigenvalue weighted by molar-refractivity contribution is 5.11. The lowest BCUT2D eigenvalue weighted by Crippen LogP contribution is -1.86. The first-order valence-electron chi connectivity index (χ1n) is 3.73. The van der Waals surface area contributed by atoms with Crippen LogP contribution >= 0.6 is 0 Å². The van der Waals surface area contributed by atoms with Gasteiger partial charge in [0.05, 0.1) is 0 Å². The summed E-state index contributed by atoms with van der Waals surface area (Å²) in [4.78, 5) is 0. The molecular weight excluding hydrogens is 108 g/mol. The highest BCUT2D eigenvalue weighted by atomic mass is 14.6. The fraction of sp³-hybridized carbons (Fsp3) is 0.778. The zero-order valence-corrected chi connectivity index (χ0v) is 6.81. The average molecular weight is 124 g/mol. The molecule has 0 aromatic heterocycles. The largest absolute Gasteiger partial charge is 0.0914 e. The Morgan fingerprint density at radius 3 is 1.89 bits per heavy atom. The van der Waals surface area contributed by atoms with Crippen molar-refractivity contribution in [1.29, 1.82) is 0 Å². The molecule has 1 saturated carbocycles. The summed E-state index contributed by atoms with van der Waals surface area (Å²) in [6.45, 7) is 9.09. The molecule has 0 spiro atoms. The lowest BCUT2D eigenvalue weighted by molar-refractivity contribution is 0.570. The molecule has 0 heterocycles. The zero-order chi connectivity index (χ0) is 7.07. The summed E-state index contributed by atoms with van der Waals surface area (Å²) in [6, 6.07) is 0. The first-order valence-corrected chi connectivity index (χ1v) is 3.73. The molecule has 9 heavy (non-hydrogen) atoms. The van der Waals surface area contributed by atoms with Gasteiger partial charge in [-0.25, -0.2) is 0 Å². The number of rotatable bonds is 1. The summed E-state index contributed by atoms with van der Waals surface area (Å²) < 4.78 is 0. The van der Waals surface area contributed by atoms with Crippen LogP contribution in [0.2, 0.25) is 0 Å². The maximum Gasteiger partial charge on any atom is -0.0148 e. The van der Waals surface area contributed by atoms with Crippen LogP contribution in [0.25, 0.3) is 0 Å². The van der Waals surface area contributed by atoms with E-state index in [1.807, 2.05) is 0 Å². The molecule has 0 amide bonds. The zero-order valence-electron chi connectivity index (χ0n) is 6.81. The van der Waals surface area contributed by atoms with Gasteiger partial charge < -0.3 is 0 Å². The highest BCUT2D eigenvalue weighted by Gasteiger charge is 2.52. The molecule has 1 fully saturated rings. The molecule has 0 nitrogen and oxygen atoms in total. The Morgan fingerprint density at radius 2 is 1.78 bits per heavy atom. The van der Waals surface area contributed by atoms with Crippen molar-refractivity contribution in [3.63, 3.8) is 0 Å². The summed E-state index contributed by atoms with van der Waals surface area (Å²) in [5, 5.41) is 0. The lowest BCUT2D eigenvalue weighted by Gasteiger charge is -1.95. The summed E-state index contributed by atoms with van der Waals surface area (Å²) in [6.07, 6.45) is 4.49. The predicted molar refractivity (Wildman–Crippen MR) is 41.2 cm³/mol. The van der Waals surface area contributed by atoms with Crippen LogP contribution in [0.5, 0.6) is 0 Å². The van der Waals surface area contributed by atoms with E-state index in [9.17, 15) is 0 Å². The molecule has 1 aliphatic carbocycles. The van der Waals surface area contributed by atoms with Crippen LogP contribution in [0.15, 0.2) is 12.2 Å². The Bertz CT molecular complexity index is 131. The van der Waals surface area contributed by atoms with Crippen molar-refractivity contribution >= 4 is 0 Å². The van der Waals surface area contributed by atoms with Crippen LogP contribution in [0.1, 0.15) is 27.7 Å². The van der Waals surface area contributed by atoms with Crippen molar-refractivity contribution in [1.82, 2.24) is 0 Å². The minimum atomic E-state index is 0.590.